The van der Waals surface area contributed by atoms with Gasteiger partial charge in [0.25, 0.3) is 0 Å². The Balaban J connectivity index is 2.53. The van der Waals surface area contributed by atoms with E-state index in [1.165, 1.54) is 0 Å². The molecule has 1 aromatic heterocycles. The summed E-state index contributed by atoms with van der Waals surface area (Å²) in [7, 11) is 1.65. The first kappa shape index (κ1) is 8.81. The van der Waals surface area contributed by atoms with E-state index in [-0.39, 0.29) is 0 Å². The number of hydrogen-bond acceptors (Lipinski definition) is 3. The van der Waals surface area contributed by atoms with E-state index in [0.29, 0.717) is 0 Å². The van der Waals surface area contributed by atoms with Crippen molar-refractivity contribution in [2.75, 3.05) is 7.11 Å². The molecule has 0 bridgehead atoms. The molecule has 0 saturated carbocycles. The highest BCUT2D eigenvalue weighted by molar-refractivity contribution is 5.65. The van der Waals surface area contributed by atoms with Gasteiger partial charge in [-0.25, -0.2) is 0 Å². The Kier molecular flexibility index (Phi) is 2.23. The van der Waals surface area contributed by atoms with Crippen LogP contribution >= 0.6 is 0 Å². The van der Waals surface area contributed by atoms with Crippen LogP contribution in [0.3, 0.4) is 0 Å². The fourth-order valence-electron chi connectivity index (χ4n) is 1.36. The lowest BCUT2D eigenvalue weighted by molar-refractivity contribution is 0.406. The molecule has 0 saturated heterocycles. The number of ether oxygens (including phenoxy) is 1. The van der Waals surface area contributed by atoms with Crippen molar-refractivity contribution in [3.05, 3.63) is 36.0 Å². The summed E-state index contributed by atoms with van der Waals surface area (Å²) in [5.74, 6) is 1.53. The second-order valence-electron chi connectivity index (χ2n) is 3.08. The molecular formula is C11H11NO2. The number of aryl methyl sites for hydroxylation is 1. The number of rotatable bonds is 2. The number of methoxy groups -OCH3 is 1. The molecule has 0 radical (unpaired) electrons. The maximum atomic E-state index is 5.26. The van der Waals surface area contributed by atoms with Crippen LogP contribution in [0.2, 0.25) is 0 Å². The molecule has 0 aliphatic rings. The Morgan fingerprint density at radius 2 is 2.14 bits per heavy atom. The molecule has 2 rings (SSSR count). The van der Waals surface area contributed by atoms with Gasteiger partial charge < -0.3 is 9.26 Å². The Hall–Kier alpha value is -1.77. The van der Waals surface area contributed by atoms with Crippen LogP contribution in [0.5, 0.6) is 5.75 Å². The summed E-state index contributed by atoms with van der Waals surface area (Å²) in [5, 5.41) is 3.67. The average Bonchev–Trinajstić information content (AvgIpc) is 2.70. The zero-order valence-corrected chi connectivity index (χ0v) is 8.15. The van der Waals surface area contributed by atoms with Gasteiger partial charge in [0.2, 0.25) is 0 Å². The third-order valence-electron chi connectivity index (χ3n) is 2.06. The van der Waals surface area contributed by atoms with Crippen LogP contribution in [0.4, 0.5) is 0 Å². The first-order chi connectivity index (χ1) is 6.81. The third kappa shape index (κ3) is 1.48. The molecule has 0 amide bonds. The van der Waals surface area contributed by atoms with E-state index in [1.807, 2.05) is 31.2 Å². The molecule has 0 N–H and O–H groups in total. The molecule has 0 spiro atoms. The van der Waals surface area contributed by atoms with Crippen LogP contribution in [0.1, 0.15) is 5.56 Å². The van der Waals surface area contributed by atoms with Crippen molar-refractivity contribution >= 4 is 0 Å². The van der Waals surface area contributed by atoms with E-state index in [0.717, 1.165) is 22.6 Å². The normalized spacial score (nSPS) is 10.1. The molecule has 3 heteroatoms. The Morgan fingerprint density at radius 1 is 1.29 bits per heavy atom. The monoisotopic (exact) mass is 189 g/mol. The molecule has 2 aromatic rings. The van der Waals surface area contributed by atoms with Gasteiger partial charge in [0, 0.05) is 6.07 Å². The van der Waals surface area contributed by atoms with Crippen molar-refractivity contribution in [2.45, 2.75) is 6.92 Å². The summed E-state index contributed by atoms with van der Waals surface area (Å²) in [5.41, 5.74) is 2.08. The minimum atomic E-state index is 0.724. The van der Waals surface area contributed by atoms with Crippen molar-refractivity contribution in [2.24, 2.45) is 0 Å². The highest BCUT2D eigenvalue weighted by Crippen LogP contribution is 2.30. The number of hydrogen-bond donors (Lipinski definition) is 0. The van der Waals surface area contributed by atoms with Gasteiger partial charge in [-0.15, -0.1) is 0 Å². The number of nitrogens with zero attached hydrogens (tertiary/aromatic N) is 1. The van der Waals surface area contributed by atoms with E-state index >= 15 is 0 Å². The fraction of sp³-hybridized carbons (Fsp3) is 0.182. The number of benzene rings is 1. The van der Waals surface area contributed by atoms with Crippen molar-refractivity contribution in [3.63, 3.8) is 0 Å². The molecule has 3 nitrogen and oxygen atoms in total. The summed E-state index contributed by atoms with van der Waals surface area (Å²) in [6.45, 7) is 2.02. The molecule has 14 heavy (non-hydrogen) atoms. The largest absolute Gasteiger partial charge is 0.496 e. The average molecular weight is 189 g/mol. The molecule has 0 atom stereocenters. The molecule has 0 fully saturated rings. The van der Waals surface area contributed by atoms with Crippen molar-refractivity contribution in [1.29, 1.82) is 0 Å². The van der Waals surface area contributed by atoms with Gasteiger partial charge in [0.05, 0.1) is 18.9 Å². The van der Waals surface area contributed by atoms with Crippen molar-refractivity contribution < 1.29 is 9.26 Å². The van der Waals surface area contributed by atoms with Crippen LogP contribution in [0, 0.1) is 6.92 Å². The molecule has 0 aliphatic heterocycles. The Morgan fingerprint density at radius 3 is 2.79 bits per heavy atom. The predicted molar refractivity (Wildman–Crippen MR) is 53.2 cm³/mol. The predicted octanol–water partition coefficient (Wildman–Crippen LogP) is 2.66. The van der Waals surface area contributed by atoms with Gasteiger partial charge in [-0.1, -0.05) is 11.2 Å². The zero-order valence-electron chi connectivity index (χ0n) is 8.15. The topological polar surface area (TPSA) is 35.3 Å². The van der Waals surface area contributed by atoms with E-state index in [2.05, 4.69) is 5.16 Å². The highest BCUT2D eigenvalue weighted by Gasteiger charge is 2.08. The molecule has 1 aromatic carbocycles. The van der Waals surface area contributed by atoms with Crippen LogP contribution in [0.25, 0.3) is 11.3 Å². The maximum absolute atomic E-state index is 5.26. The van der Waals surface area contributed by atoms with Gasteiger partial charge >= 0.3 is 0 Å². The van der Waals surface area contributed by atoms with Crippen molar-refractivity contribution in [3.8, 4) is 17.1 Å². The summed E-state index contributed by atoms with van der Waals surface area (Å²) in [4.78, 5) is 0. The minimum absolute atomic E-state index is 0.724. The molecular weight excluding hydrogens is 178 g/mol. The fourth-order valence-corrected chi connectivity index (χ4v) is 1.36. The maximum Gasteiger partial charge on any atom is 0.170 e. The minimum Gasteiger partial charge on any atom is -0.496 e. The first-order valence-corrected chi connectivity index (χ1v) is 4.37. The number of aromatic nitrogens is 1. The SMILES string of the molecule is COc1cc(C)ccc1-c1ccno1. The lowest BCUT2D eigenvalue weighted by Gasteiger charge is -2.05. The second-order valence-corrected chi connectivity index (χ2v) is 3.08. The smallest absolute Gasteiger partial charge is 0.170 e. The van der Waals surface area contributed by atoms with Crippen LogP contribution in [-0.2, 0) is 0 Å². The van der Waals surface area contributed by atoms with E-state index < -0.39 is 0 Å². The Bertz CT molecular complexity index is 421. The van der Waals surface area contributed by atoms with Gasteiger partial charge in [-0.2, -0.15) is 0 Å². The summed E-state index contributed by atoms with van der Waals surface area (Å²) in [6.07, 6.45) is 1.62. The standard InChI is InChI=1S/C11H11NO2/c1-8-3-4-9(11(7-8)13-2)10-5-6-12-14-10/h3-7H,1-2H3. The van der Waals surface area contributed by atoms with E-state index in [9.17, 15) is 0 Å². The van der Waals surface area contributed by atoms with Gasteiger partial charge in [0.15, 0.2) is 5.76 Å². The van der Waals surface area contributed by atoms with E-state index in [1.54, 1.807) is 13.3 Å². The van der Waals surface area contributed by atoms with Crippen LogP contribution in [-0.4, -0.2) is 12.3 Å². The second kappa shape index (κ2) is 3.54. The van der Waals surface area contributed by atoms with Crippen molar-refractivity contribution in [1.82, 2.24) is 5.16 Å². The zero-order chi connectivity index (χ0) is 9.97. The quantitative estimate of drug-likeness (QED) is 0.728. The van der Waals surface area contributed by atoms with Gasteiger partial charge in [0.1, 0.15) is 5.75 Å². The van der Waals surface area contributed by atoms with Gasteiger partial charge in [-0.05, 0) is 24.6 Å². The lowest BCUT2D eigenvalue weighted by Crippen LogP contribution is -1.87. The highest BCUT2D eigenvalue weighted by atomic mass is 16.5. The van der Waals surface area contributed by atoms with Gasteiger partial charge in [-0.3, -0.25) is 0 Å². The summed E-state index contributed by atoms with van der Waals surface area (Å²) < 4.78 is 10.3. The van der Waals surface area contributed by atoms with E-state index in [4.69, 9.17) is 9.26 Å². The molecule has 0 unspecified atom stereocenters. The van der Waals surface area contributed by atoms with Crippen LogP contribution < -0.4 is 4.74 Å². The van der Waals surface area contributed by atoms with Crippen LogP contribution in [0.15, 0.2) is 35.0 Å². The lowest BCUT2D eigenvalue weighted by atomic mass is 10.1. The molecule has 1 heterocycles. The first-order valence-electron chi connectivity index (χ1n) is 4.37. The third-order valence-corrected chi connectivity index (χ3v) is 2.06. The summed E-state index contributed by atoms with van der Waals surface area (Å²) in [6, 6.07) is 7.76. The molecule has 72 valence electrons. The molecule has 0 aliphatic carbocycles. The summed E-state index contributed by atoms with van der Waals surface area (Å²) >= 11 is 0. The Labute approximate surface area is 82.3 Å².